The average molecular weight is 241 g/mol. The third kappa shape index (κ3) is 1.88. The Bertz CT molecular complexity index is 600. The Morgan fingerprint density at radius 3 is 1.94 bits per heavy atom. The normalized spacial score (nSPS) is 10.7. The number of aromatic nitrogens is 1. The number of carbonyl (C=O) groups is 1. The van der Waals surface area contributed by atoms with Crippen LogP contribution in [0.2, 0.25) is 0 Å². The SMILES string of the molecule is Cc1cccc(C)c1C(=O)c1[nH]c(C)c(C)c1C. The maximum absolute atomic E-state index is 12.6. The fourth-order valence-corrected chi connectivity index (χ4v) is 2.37. The molecule has 0 saturated carbocycles. The van der Waals surface area contributed by atoms with E-state index in [0.717, 1.165) is 33.6 Å². The van der Waals surface area contributed by atoms with E-state index in [1.165, 1.54) is 5.56 Å². The first-order valence-electron chi connectivity index (χ1n) is 6.20. The minimum Gasteiger partial charge on any atom is -0.356 e. The first-order valence-corrected chi connectivity index (χ1v) is 6.20. The van der Waals surface area contributed by atoms with Crippen LogP contribution in [0.4, 0.5) is 0 Å². The van der Waals surface area contributed by atoms with Crippen molar-refractivity contribution in [2.45, 2.75) is 34.6 Å². The van der Waals surface area contributed by atoms with Gasteiger partial charge in [0.25, 0.3) is 0 Å². The Labute approximate surface area is 108 Å². The molecule has 0 amide bonds. The second-order valence-corrected chi connectivity index (χ2v) is 4.97. The van der Waals surface area contributed by atoms with Gasteiger partial charge in [0.1, 0.15) is 0 Å². The highest BCUT2D eigenvalue weighted by Crippen LogP contribution is 2.22. The highest BCUT2D eigenvalue weighted by molar-refractivity contribution is 6.10. The minimum absolute atomic E-state index is 0.0966. The average Bonchev–Trinajstić information content (AvgIpc) is 2.56. The summed E-state index contributed by atoms with van der Waals surface area (Å²) in [5.74, 6) is 0.0966. The molecule has 18 heavy (non-hydrogen) atoms. The Balaban J connectivity index is 2.59. The number of aromatic amines is 1. The van der Waals surface area contributed by atoms with Gasteiger partial charge in [0, 0.05) is 11.3 Å². The van der Waals surface area contributed by atoms with Crippen LogP contribution in [0.3, 0.4) is 0 Å². The molecule has 0 fully saturated rings. The second kappa shape index (κ2) is 4.45. The van der Waals surface area contributed by atoms with Crippen molar-refractivity contribution in [1.29, 1.82) is 0 Å². The lowest BCUT2D eigenvalue weighted by atomic mass is 9.96. The predicted octanol–water partition coefficient (Wildman–Crippen LogP) is 3.79. The van der Waals surface area contributed by atoms with Crippen molar-refractivity contribution < 1.29 is 4.79 Å². The van der Waals surface area contributed by atoms with Crippen LogP contribution < -0.4 is 0 Å². The number of nitrogens with one attached hydrogen (secondary N) is 1. The monoisotopic (exact) mass is 241 g/mol. The minimum atomic E-state index is 0.0966. The van der Waals surface area contributed by atoms with Crippen LogP contribution in [-0.4, -0.2) is 10.8 Å². The summed E-state index contributed by atoms with van der Waals surface area (Å²) < 4.78 is 0. The molecule has 1 aromatic carbocycles. The van der Waals surface area contributed by atoms with Crippen molar-refractivity contribution >= 4 is 5.78 Å². The number of benzene rings is 1. The van der Waals surface area contributed by atoms with E-state index < -0.39 is 0 Å². The van der Waals surface area contributed by atoms with Crippen LogP contribution in [0, 0.1) is 34.6 Å². The summed E-state index contributed by atoms with van der Waals surface area (Å²) in [7, 11) is 0. The van der Waals surface area contributed by atoms with Gasteiger partial charge in [-0.05, 0) is 56.9 Å². The lowest BCUT2D eigenvalue weighted by Crippen LogP contribution is -2.08. The van der Waals surface area contributed by atoms with Gasteiger partial charge in [0.05, 0.1) is 5.69 Å². The van der Waals surface area contributed by atoms with Crippen molar-refractivity contribution in [2.24, 2.45) is 0 Å². The lowest BCUT2D eigenvalue weighted by Gasteiger charge is -2.08. The summed E-state index contributed by atoms with van der Waals surface area (Å²) in [6.07, 6.45) is 0. The highest BCUT2D eigenvalue weighted by atomic mass is 16.1. The van der Waals surface area contributed by atoms with Crippen molar-refractivity contribution in [3.05, 3.63) is 57.4 Å². The number of rotatable bonds is 2. The third-order valence-electron chi connectivity index (χ3n) is 3.75. The summed E-state index contributed by atoms with van der Waals surface area (Å²) in [6, 6.07) is 5.95. The first-order chi connectivity index (χ1) is 8.43. The highest BCUT2D eigenvalue weighted by Gasteiger charge is 2.19. The smallest absolute Gasteiger partial charge is 0.209 e. The van der Waals surface area contributed by atoms with Crippen LogP contribution in [0.15, 0.2) is 18.2 Å². The van der Waals surface area contributed by atoms with Crippen LogP contribution >= 0.6 is 0 Å². The lowest BCUT2D eigenvalue weighted by molar-refractivity contribution is 0.103. The zero-order chi connectivity index (χ0) is 13.4. The Hall–Kier alpha value is -1.83. The van der Waals surface area contributed by atoms with E-state index in [1.54, 1.807) is 0 Å². The summed E-state index contributed by atoms with van der Waals surface area (Å²) >= 11 is 0. The van der Waals surface area contributed by atoms with Gasteiger partial charge in [-0.25, -0.2) is 0 Å². The molecule has 0 atom stereocenters. The molecular formula is C16H19NO. The van der Waals surface area contributed by atoms with Crippen LogP contribution in [0.25, 0.3) is 0 Å². The first kappa shape index (κ1) is 12.6. The van der Waals surface area contributed by atoms with Gasteiger partial charge in [-0.2, -0.15) is 0 Å². The van der Waals surface area contributed by atoms with Crippen molar-refractivity contribution in [3.63, 3.8) is 0 Å². The van der Waals surface area contributed by atoms with E-state index in [9.17, 15) is 4.79 Å². The van der Waals surface area contributed by atoms with Gasteiger partial charge in [0.2, 0.25) is 5.78 Å². The van der Waals surface area contributed by atoms with E-state index in [-0.39, 0.29) is 5.78 Å². The summed E-state index contributed by atoms with van der Waals surface area (Å²) in [5, 5.41) is 0. The van der Waals surface area contributed by atoms with E-state index >= 15 is 0 Å². The summed E-state index contributed by atoms with van der Waals surface area (Å²) in [6.45, 7) is 10.0. The standard InChI is InChI=1S/C16H19NO/c1-9-7-6-8-10(2)14(9)16(18)15-12(4)11(3)13(5)17-15/h6-8,17H,1-5H3. The van der Waals surface area contributed by atoms with Crippen molar-refractivity contribution in [1.82, 2.24) is 4.98 Å². The fourth-order valence-electron chi connectivity index (χ4n) is 2.37. The zero-order valence-electron chi connectivity index (χ0n) is 11.6. The largest absolute Gasteiger partial charge is 0.356 e. The number of ketones is 1. The molecule has 0 bridgehead atoms. The van der Waals surface area contributed by atoms with E-state index in [0.29, 0.717) is 0 Å². The quantitative estimate of drug-likeness (QED) is 0.797. The van der Waals surface area contributed by atoms with Gasteiger partial charge in [0.15, 0.2) is 0 Å². The van der Waals surface area contributed by atoms with Crippen LogP contribution in [-0.2, 0) is 0 Å². The van der Waals surface area contributed by atoms with Crippen molar-refractivity contribution in [3.8, 4) is 0 Å². The molecule has 2 aromatic rings. The molecule has 0 spiro atoms. The number of aryl methyl sites for hydroxylation is 3. The molecule has 1 heterocycles. The second-order valence-electron chi connectivity index (χ2n) is 4.97. The fraction of sp³-hybridized carbons (Fsp3) is 0.312. The zero-order valence-corrected chi connectivity index (χ0v) is 11.6. The molecule has 1 N–H and O–H groups in total. The Kier molecular flexibility index (Phi) is 3.12. The topological polar surface area (TPSA) is 32.9 Å². The molecule has 0 unspecified atom stereocenters. The molecule has 0 radical (unpaired) electrons. The molecule has 94 valence electrons. The van der Waals surface area contributed by atoms with Crippen LogP contribution in [0.5, 0.6) is 0 Å². The maximum atomic E-state index is 12.6. The third-order valence-corrected chi connectivity index (χ3v) is 3.75. The van der Waals surface area contributed by atoms with Crippen LogP contribution in [0.1, 0.15) is 44.0 Å². The number of carbonyl (C=O) groups excluding carboxylic acids is 1. The number of H-pyrrole nitrogens is 1. The molecule has 2 heteroatoms. The molecule has 0 aliphatic heterocycles. The van der Waals surface area contributed by atoms with Gasteiger partial charge in [-0.15, -0.1) is 0 Å². The predicted molar refractivity (Wildman–Crippen MR) is 74.4 cm³/mol. The molecule has 0 aliphatic carbocycles. The van der Waals surface area contributed by atoms with Gasteiger partial charge >= 0.3 is 0 Å². The molecule has 1 aromatic heterocycles. The molecular weight excluding hydrogens is 222 g/mol. The van der Waals surface area contributed by atoms with Crippen molar-refractivity contribution in [2.75, 3.05) is 0 Å². The summed E-state index contributed by atoms with van der Waals surface area (Å²) in [4.78, 5) is 15.9. The molecule has 2 rings (SSSR count). The van der Waals surface area contributed by atoms with Gasteiger partial charge in [-0.3, -0.25) is 4.79 Å². The van der Waals surface area contributed by atoms with Gasteiger partial charge in [-0.1, -0.05) is 18.2 Å². The van der Waals surface area contributed by atoms with Gasteiger partial charge < -0.3 is 4.98 Å². The Morgan fingerprint density at radius 2 is 1.50 bits per heavy atom. The number of hydrogen-bond acceptors (Lipinski definition) is 1. The van der Waals surface area contributed by atoms with E-state index in [4.69, 9.17) is 0 Å². The summed E-state index contributed by atoms with van der Waals surface area (Å²) in [5.41, 5.74) is 6.91. The number of hydrogen-bond donors (Lipinski definition) is 1. The Morgan fingerprint density at radius 1 is 0.944 bits per heavy atom. The molecule has 2 nitrogen and oxygen atoms in total. The maximum Gasteiger partial charge on any atom is 0.209 e. The van der Waals surface area contributed by atoms with E-state index in [1.807, 2.05) is 52.8 Å². The molecule has 0 saturated heterocycles. The van der Waals surface area contributed by atoms with E-state index in [2.05, 4.69) is 4.98 Å². The molecule has 0 aliphatic rings.